The van der Waals surface area contributed by atoms with Crippen molar-refractivity contribution in [3.05, 3.63) is 33.8 Å². The number of nitrogens with one attached hydrogen (secondary N) is 1. The number of hydrogen-bond donors (Lipinski definition) is 2. The van der Waals surface area contributed by atoms with E-state index in [4.69, 9.17) is 5.11 Å². The second-order valence-corrected chi connectivity index (χ2v) is 5.26. The van der Waals surface area contributed by atoms with Crippen LogP contribution in [-0.4, -0.2) is 22.5 Å². The van der Waals surface area contributed by atoms with Gasteiger partial charge >= 0.3 is 5.97 Å². The molecule has 0 saturated heterocycles. The van der Waals surface area contributed by atoms with Gasteiger partial charge in [0.15, 0.2) is 0 Å². The van der Waals surface area contributed by atoms with Gasteiger partial charge in [0.25, 0.3) is 5.91 Å². The molecule has 0 spiro atoms. The van der Waals surface area contributed by atoms with Gasteiger partial charge in [-0.15, -0.1) is 0 Å². The lowest BCUT2D eigenvalue weighted by atomic mass is 10.0. The third-order valence-corrected chi connectivity index (χ3v) is 2.90. The van der Waals surface area contributed by atoms with Gasteiger partial charge in [0, 0.05) is 10.0 Å². The van der Waals surface area contributed by atoms with Crippen LogP contribution in [-0.2, 0) is 4.79 Å². The van der Waals surface area contributed by atoms with Gasteiger partial charge in [0.2, 0.25) is 0 Å². The van der Waals surface area contributed by atoms with E-state index in [1.807, 2.05) is 6.07 Å². The van der Waals surface area contributed by atoms with E-state index < -0.39 is 17.4 Å². The first kappa shape index (κ1) is 13.7. The van der Waals surface area contributed by atoms with Crippen LogP contribution < -0.4 is 5.32 Å². The summed E-state index contributed by atoms with van der Waals surface area (Å²) in [4.78, 5) is 22.9. The summed E-state index contributed by atoms with van der Waals surface area (Å²) in [6.07, 6.45) is 0. The van der Waals surface area contributed by atoms with Crippen LogP contribution in [0.1, 0.15) is 29.8 Å². The zero-order valence-corrected chi connectivity index (χ0v) is 11.5. The van der Waals surface area contributed by atoms with E-state index in [1.54, 1.807) is 19.1 Å². The van der Waals surface area contributed by atoms with Crippen molar-refractivity contribution in [1.82, 2.24) is 5.32 Å². The fourth-order valence-corrected chi connectivity index (χ4v) is 1.60. The van der Waals surface area contributed by atoms with Crippen molar-refractivity contribution in [2.75, 3.05) is 0 Å². The Kier molecular flexibility index (Phi) is 3.93. The maximum atomic E-state index is 11.9. The van der Waals surface area contributed by atoms with E-state index >= 15 is 0 Å². The number of carbonyl (C=O) groups excluding carboxylic acids is 1. The highest BCUT2D eigenvalue weighted by Crippen LogP contribution is 2.17. The molecule has 0 heterocycles. The quantitative estimate of drug-likeness (QED) is 0.900. The molecule has 0 bridgehead atoms. The van der Waals surface area contributed by atoms with E-state index in [0.29, 0.717) is 5.56 Å². The van der Waals surface area contributed by atoms with E-state index in [1.165, 1.54) is 13.8 Å². The van der Waals surface area contributed by atoms with Gasteiger partial charge in [-0.3, -0.25) is 4.79 Å². The molecule has 0 atom stereocenters. The Morgan fingerprint density at radius 2 is 1.94 bits per heavy atom. The number of amides is 1. The van der Waals surface area contributed by atoms with Gasteiger partial charge in [0.05, 0.1) is 0 Å². The third kappa shape index (κ3) is 3.30. The van der Waals surface area contributed by atoms with Crippen LogP contribution in [0.5, 0.6) is 0 Å². The SMILES string of the molecule is Cc1ccc(Br)cc1C(=O)NC(C)(C)C(=O)O. The van der Waals surface area contributed by atoms with Gasteiger partial charge in [-0.25, -0.2) is 4.79 Å². The number of halogens is 1. The largest absolute Gasteiger partial charge is 0.480 e. The first-order valence-corrected chi connectivity index (χ1v) is 5.85. The Hall–Kier alpha value is -1.36. The van der Waals surface area contributed by atoms with Gasteiger partial charge in [-0.05, 0) is 38.5 Å². The molecule has 0 aromatic heterocycles. The fourth-order valence-electron chi connectivity index (χ4n) is 1.24. The van der Waals surface area contributed by atoms with Gasteiger partial charge in [-0.2, -0.15) is 0 Å². The molecule has 0 unspecified atom stereocenters. The van der Waals surface area contributed by atoms with Crippen molar-refractivity contribution < 1.29 is 14.7 Å². The Morgan fingerprint density at radius 1 is 1.35 bits per heavy atom. The van der Waals surface area contributed by atoms with Crippen LogP contribution in [0.25, 0.3) is 0 Å². The minimum atomic E-state index is -1.29. The summed E-state index contributed by atoms with van der Waals surface area (Å²) in [5.74, 6) is -1.46. The molecular formula is C12H14BrNO3. The van der Waals surface area contributed by atoms with Crippen LogP contribution in [0.3, 0.4) is 0 Å². The lowest BCUT2D eigenvalue weighted by Gasteiger charge is -2.21. The molecule has 0 aliphatic carbocycles. The summed E-state index contributed by atoms with van der Waals surface area (Å²) in [5, 5.41) is 11.4. The van der Waals surface area contributed by atoms with E-state index in [-0.39, 0.29) is 0 Å². The number of aliphatic carboxylic acids is 1. The molecule has 0 aliphatic rings. The number of carboxylic acid groups (broad SMARTS) is 1. The van der Waals surface area contributed by atoms with Gasteiger partial charge < -0.3 is 10.4 Å². The minimum absolute atomic E-state index is 0.392. The zero-order chi connectivity index (χ0) is 13.2. The molecule has 5 heteroatoms. The molecule has 1 aromatic rings. The second-order valence-electron chi connectivity index (χ2n) is 4.34. The van der Waals surface area contributed by atoms with Crippen LogP contribution >= 0.6 is 15.9 Å². The highest BCUT2D eigenvalue weighted by Gasteiger charge is 2.29. The molecule has 1 amide bonds. The van der Waals surface area contributed by atoms with E-state index in [0.717, 1.165) is 10.0 Å². The van der Waals surface area contributed by atoms with Crippen LogP contribution in [0.2, 0.25) is 0 Å². The van der Waals surface area contributed by atoms with Crippen molar-refractivity contribution in [3.63, 3.8) is 0 Å². The lowest BCUT2D eigenvalue weighted by molar-refractivity contribution is -0.143. The van der Waals surface area contributed by atoms with Crippen molar-refractivity contribution in [2.24, 2.45) is 0 Å². The van der Waals surface area contributed by atoms with E-state index in [2.05, 4.69) is 21.2 Å². The van der Waals surface area contributed by atoms with Crippen molar-refractivity contribution in [3.8, 4) is 0 Å². The van der Waals surface area contributed by atoms with Crippen LogP contribution in [0.4, 0.5) is 0 Å². The first-order chi connectivity index (χ1) is 7.74. The Balaban J connectivity index is 2.98. The molecule has 2 N–H and O–H groups in total. The average molecular weight is 300 g/mol. The highest BCUT2D eigenvalue weighted by atomic mass is 79.9. The lowest BCUT2D eigenvalue weighted by Crippen LogP contribution is -2.49. The van der Waals surface area contributed by atoms with Crippen molar-refractivity contribution in [1.29, 1.82) is 0 Å². The predicted octanol–water partition coefficient (Wildman–Crippen LogP) is 2.35. The van der Waals surface area contributed by atoms with Crippen molar-refractivity contribution >= 4 is 27.8 Å². The topological polar surface area (TPSA) is 66.4 Å². The number of rotatable bonds is 3. The molecule has 0 radical (unpaired) electrons. The van der Waals surface area contributed by atoms with Gasteiger partial charge in [0.1, 0.15) is 5.54 Å². The fraction of sp³-hybridized carbons (Fsp3) is 0.333. The summed E-state index contributed by atoms with van der Waals surface area (Å²) >= 11 is 3.28. The number of benzene rings is 1. The zero-order valence-electron chi connectivity index (χ0n) is 9.87. The van der Waals surface area contributed by atoms with Crippen LogP contribution in [0.15, 0.2) is 22.7 Å². The highest BCUT2D eigenvalue weighted by molar-refractivity contribution is 9.10. The number of carboxylic acids is 1. The first-order valence-electron chi connectivity index (χ1n) is 5.06. The standard InChI is InChI=1S/C12H14BrNO3/c1-7-4-5-8(13)6-9(7)10(15)14-12(2,3)11(16)17/h4-6H,1-3H3,(H,14,15)(H,16,17). The monoisotopic (exact) mass is 299 g/mol. The summed E-state index contributed by atoms with van der Waals surface area (Å²) < 4.78 is 0.779. The molecule has 1 rings (SSSR count). The van der Waals surface area contributed by atoms with Crippen LogP contribution in [0, 0.1) is 6.92 Å². The molecule has 92 valence electrons. The molecule has 1 aromatic carbocycles. The summed E-state index contributed by atoms with van der Waals surface area (Å²) in [6, 6.07) is 5.30. The number of hydrogen-bond acceptors (Lipinski definition) is 2. The molecule has 17 heavy (non-hydrogen) atoms. The number of aryl methyl sites for hydroxylation is 1. The predicted molar refractivity (Wildman–Crippen MR) is 68.1 cm³/mol. The summed E-state index contributed by atoms with van der Waals surface area (Å²) in [5.41, 5.74) is -0.0214. The maximum Gasteiger partial charge on any atom is 0.328 e. The molecule has 4 nitrogen and oxygen atoms in total. The Morgan fingerprint density at radius 3 is 2.47 bits per heavy atom. The van der Waals surface area contributed by atoms with Crippen molar-refractivity contribution in [2.45, 2.75) is 26.3 Å². The average Bonchev–Trinajstić information content (AvgIpc) is 2.20. The Labute approximate surface area is 108 Å². The normalized spacial score (nSPS) is 11.1. The third-order valence-electron chi connectivity index (χ3n) is 2.40. The maximum absolute atomic E-state index is 11.9. The second kappa shape index (κ2) is 4.87. The molecular weight excluding hydrogens is 286 g/mol. The van der Waals surface area contributed by atoms with E-state index in [9.17, 15) is 9.59 Å². The molecule has 0 saturated carbocycles. The number of carbonyl (C=O) groups is 2. The summed E-state index contributed by atoms with van der Waals surface area (Å²) in [7, 11) is 0. The Bertz CT molecular complexity index is 469. The summed E-state index contributed by atoms with van der Waals surface area (Å²) in [6.45, 7) is 4.69. The smallest absolute Gasteiger partial charge is 0.328 e. The minimum Gasteiger partial charge on any atom is -0.480 e. The van der Waals surface area contributed by atoms with Gasteiger partial charge in [-0.1, -0.05) is 22.0 Å². The molecule has 0 fully saturated rings. The molecule has 0 aliphatic heterocycles.